The van der Waals surface area contributed by atoms with E-state index >= 15 is 0 Å². The lowest BCUT2D eigenvalue weighted by molar-refractivity contribution is -0.169. The Balaban J connectivity index is 1.41. The first kappa shape index (κ1) is 29.1. The summed E-state index contributed by atoms with van der Waals surface area (Å²) in [5, 5.41) is 0. The van der Waals surface area contributed by atoms with E-state index in [0.717, 1.165) is 38.5 Å². The number of epoxide rings is 1. The van der Waals surface area contributed by atoms with Crippen LogP contribution in [0.4, 0.5) is 0 Å². The summed E-state index contributed by atoms with van der Waals surface area (Å²) in [5.74, 6) is 2.27. The summed E-state index contributed by atoms with van der Waals surface area (Å²) in [6, 6.07) is 0. The van der Waals surface area contributed by atoms with E-state index in [1.54, 1.807) is 0 Å². The van der Waals surface area contributed by atoms with Gasteiger partial charge in [-0.3, -0.25) is 14.4 Å². The zero-order valence-corrected chi connectivity index (χ0v) is 25.9. The first-order valence-corrected chi connectivity index (χ1v) is 15.6. The van der Waals surface area contributed by atoms with Gasteiger partial charge >= 0.3 is 11.9 Å². The van der Waals surface area contributed by atoms with Crippen LogP contribution in [0.3, 0.4) is 0 Å². The highest BCUT2D eigenvalue weighted by Gasteiger charge is 2.83. The number of esters is 2. The normalized spacial score (nSPS) is 45.4. The molecule has 4 aliphatic carbocycles. The van der Waals surface area contributed by atoms with E-state index in [9.17, 15) is 14.4 Å². The quantitative estimate of drug-likeness (QED) is 0.274. The van der Waals surface area contributed by atoms with Crippen molar-refractivity contribution in [1.29, 1.82) is 0 Å². The number of ether oxygens (including phenoxy) is 3. The maximum atomic E-state index is 12.4. The molecule has 1 heterocycles. The van der Waals surface area contributed by atoms with E-state index in [1.165, 1.54) is 33.1 Å². The molecule has 0 aromatic carbocycles. The number of carbonyl (C=O) groups excluding carboxylic acids is 3. The minimum atomic E-state index is -0.697. The highest BCUT2D eigenvalue weighted by atomic mass is 16.7. The monoisotopic (exact) mass is 544 g/mol. The van der Waals surface area contributed by atoms with E-state index in [1.807, 2.05) is 13.8 Å². The average molecular weight is 545 g/mol. The fourth-order valence-corrected chi connectivity index (χ4v) is 10.9. The molecule has 4 saturated carbocycles. The summed E-state index contributed by atoms with van der Waals surface area (Å²) in [7, 11) is 0. The van der Waals surface area contributed by atoms with Crippen LogP contribution in [0.1, 0.15) is 120 Å². The summed E-state index contributed by atoms with van der Waals surface area (Å²) in [6.45, 7) is 18.1. The fraction of sp³-hybridized carbons (Fsp3) is 0.909. The molecule has 39 heavy (non-hydrogen) atoms. The molecule has 0 bridgehead atoms. The van der Waals surface area contributed by atoms with Gasteiger partial charge in [0.1, 0.15) is 28.7 Å². The smallest absolute Gasteiger partial charge is 0.303 e. The Morgan fingerprint density at radius 3 is 2.26 bits per heavy atom. The van der Waals surface area contributed by atoms with Gasteiger partial charge in [-0.05, 0) is 94.8 Å². The van der Waals surface area contributed by atoms with Crippen LogP contribution in [-0.4, -0.2) is 40.6 Å². The lowest BCUT2D eigenvalue weighted by Crippen LogP contribution is -2.56. The van der Waals surface area contributed by atoms with Crippen molar-refractivity contribution in [2.45, 2.75) is 143 Å². The predicted molar refractivity (Wildman–Crippen MR) is 149 cm³/mol. The van der Waals surface area contributed by atoms with Gasteiger partial charge in [-0.25, -0.2) is 0 Å². The molecular weight excluding hydrogens is 492 g/mol. The molecule has 1 saturated heterocycles. The molecule has 11 atom stereocenters. The van der Waals surface area contributed by atoms with Gasteiger partial charge in [0.15, 0.2) is 0 Å². The number of hydrogen-bond acceptors (Lipinski definition) is 6. The van der Waals surface area contributed by atoms with Crippen molar-refractivity contribution in [3.8, 4) is 0 Å². The van der Waals surface area contributed by atoms with Crippen LogP contribution in [-0.2, 0) is 28.6 Å². The zero-order chi connectivity index (χ0) is 28.8. The van der Waals surface area contributed by atoms with Crippen LogP contribution in [0, 0.1) is 46.3 Å². The maximum absolute atomic E-state index is 12.4. The highest BCUT2D eigenvalue weighted by Crippen LogP contribution is 2.77. The second kappa shape index (κ2) is 9.29. The zero-order valence-electron chi connectivity index (χ0n) is 25.9. The fourth-order valence-electron chi connectivity index (χ4n) is 10.9. The Labute approximate surface area is 235 Å². The third kappa shape index (κ3) is 4.15. The molecule has 1 spiro atoms. The molecule has 1 aliphatic heterocycles. The van der Waals surface area contributed by atoms with Crippen molar-refractivity contribution in [2.75, 3.05) is 0 Å². The largest absolute Gasteiger partial charge is 0.460 e. The Morgan fingerprint density at radius 2 is 1.62 bits per heavy atom. The predicted octanol–water partition coefficient (Wildman–Crippen LogP) is 6.67. The average Bonchev–Trinajstić information content (AvgIpc) is 3.35. The molecule has 5 fully saturated rings. The van der Waals surface area contributed by atoms with Crippen molar-refractivity contribution in [3.05, 3.63) is 0 Å². The molecule has 6 nitrogen and oxygen atoms in total. The highest BCUT2D eigenvalue weighted by molar-refractivity contribution is 5.79. The van der Waals surface area contributed by atoms with Gasteiger partial charge in [-0.1, -0.05) is 27.7 Å². The molecular formula is C33H52O6. The molecule has 0 radical (unpaired) electrons. The third-order valence-electron chi connectivity index (χ3n) is 13.4. The Morgan fingerprint density at radius 1 is 0.949 bits per heavy atom. The van der Waals surface area contributed by atoms with Crippen molar-refractivity contribution in [3.63, 3.8) is 0 Å². The van der Waals surface area contributed by atoms with E-state index < -0.39 is 17.3 Å². The molecule has 0 aromatic rings. The minimum Gasteiger partial charge on any atom is -0.460 e. The van der Waals surface area contributed by atoms with Crippen LogP contribution in [0.5, 0.6) is 0 Å². The second-order valence-electron chi connectivity index (χ2n) is 15.3. The number of Topliss-reactive ketones (excluding diaryl/α,β-unsaturated/α-hetero) is 1. The van der Waals surface area contributed by atoms with Gasteiger partial charge in [-0.2, -0.15) is 0 Å². The molecule has 220 valence electrons. The molecule has 5 rings (SSSR count). The van der Waals surface area contributed by atoms with E-state index in [0.29, 0.717) is 29.5 Å². The maximum Gasteiger partial charge on any atom is 0.303 e. The summed E-state index contributed by atoms with van der Waals surface area (Å²) in [5.41, 5.74) is -1.27. The van der Waals surface area contributed by atoms with Crippen LogP contribution in [0.15, 0.2) is 0 Å². The van der Waals surface area contributed by atoms with Crippen LogP contribution in [0.2, 0.25) is 0 Å². The van der Waals surface area contributed by atoms with Gasteiger partial charge in [0.25, 0.3) is 0 Å². The van der Waals surface area contributed by atoms with Gasteiger partial charge < -0.3 is 14.2 Å². The van der Waals surface area contributed by atoms with Gasteiger partial charge in [0, 0.05) is 43.9 Å². The number of carbonyl (C=O) groups is 3. The Bertz CT molecular complexity index is 1040. The van der Waals surface area contributed by atoms with Gasteiger partial charge in [0.2, 0.25) is 0 Å². The number of fused-ring (bicyclic) bond motifs is 6. The van der Waals surface area contributed by atoms with Gasteiger partial charge in [-0.15, -0.1) is 0 Å². The van der Waals surface area contributed by atoms with Crippen LogP contribution < -0.4 is 0 Å². The Hall–Kier alpha value is -1.43. The van der Waals surface area contributed by atoms with Crippen molar-refractivity contribution in [1.82, 2.24) is 0 Å². The Kier molecular flexibility index (Phi) is 6.93. The number of ketones is 1. The molecule has 0 amide bonds. The summed E-state index contributed by atoms with van der Waals surface area (Å²) < 4.78 is 18.8. The van der Waals surface area contributed by atoms with Crippen molar-refractivity contribution < 1.29 is 28.6 Å². The topological polar surface area (TPSA) is 82.2 Å². The number of rotatable bonds is 6. The first-order chi connectivity index (χ1) is 18.0. The first-order valence-electron chi connectivity index (χ1n) is 15.6. The SMILES string of the molecule is CC(=O)OC(C(C)C(C)C(C)(C)OC(C)=O)C1(C)OC12CCC1C3CCC4CC(=O)CCC4(C)C3CCC12C. The molecule has 6 heteroatoms. The van der Waals surface area contributed by atoms with E-state index in [2.05, 4.69) is 34.6 Å². The lowest BCUT2D eigenvalue weighted by atomic mass is 9.44. The summed E-state index contributed by atoms with van der Waals surface area (Å²) in [4.78, 5) is 36.6. The molecule has 0 N–H and O–H groups in total. The summed E-state index contributed by atoms with van der Waals surface area (Å²) >= 11 is 0. The third-order valence-corrected chi connectivity index (χ3v) is 13.4. The van der Waals surface area contributed by atoms with E-state index in [4.69, 9.17) is 14.2 Å². The lowest BCUT2D eigenvalue weighted by Gasteiger charge is -2.60. The van der Waals surface area contributed by atoms with E-state index in [-0.39, 0.29) is 40.2 Å². The minimum absolute atomic E-state index is 0.0311. The molecule has 0 aromatic heterocycles. The van der Waals surface area contributed by atoms with Gasteiger partial charge in [0.05, 0.1) is 0 Å². The van der Waals surface area contributed by atoms with Crippen molar-refractivity contribution >= 4 is 17.7 Å². The number of hydrogen-bond donors (Lipinski definition) is 0. The molecule has 11 unspecified atom stereocenters. The summed E-state index contributed by atoms with van der Waals surface area (Å²) in [6.07, 6.45) is 9.06. The van der Waals surface area contributed by atoms with Crippen LogP contribution in [0.25, 0.3) is 0 Å². The molecule has 5 aliphatic rings. The van der Waals surface area contributed by atoms with Crippen molar-refractivity contribution in [2.24, 2.45) is 46.3 Å². The second-order valence-corrected chi connectivity index (χ2v) is 15.3. The van der Waals surface area contributed by atoms with Crippen LogP contribution >= 0.6 is 0 Å². The standard InChI is InChI=1S/C33H52O6/c1-19(20(2)29(5,6)38-22(4)35)28(37-21(3)34)32(9)33(39-32)17-14-27-25-11-10-23-18-24(36)12-15-30(23,7)26(25)13-16-31(27,33)8/h19-20,23,25-28H,10-18H2,1-9H3.